The number of hydrogen-bond acceptors (Lipinski definition) is 5. The minimum Gasteiger partial charge on any atom is -0.383 e. The Hall–Kier alpha value is -1.48. The van der Waals surface area contributed by atoms with Gasteiger partial charge in [0.05, 0.1) is 11.5 Å². The zero-order chi connectivity index (χ0) is 17.6. The van der Waals surface area contributed by atoms with E-state index in [9.17, 15) is 13.2 Å². The van der Waals surface area contributed by atoms with Crippen molar-refractivity contribution in [1.29, 1.82) is 0 Å². The molecule has 0 radical (unpaired) electrons. The fourth-order valence-corrected chi connectivity index (χ4v) is 3.77. The second-order valence-corrected chi connectivity index (χ2v) is 7.59. The van der Waals surface area contributed by atoms with Crippen LogP contribution in [0.5, 0.6) is 0 Å². The van der Waals surface area contributed by atoms with Crippen molar-refractivity contribution in [3.8, 4) is 0 Å². The minimum atomic E-state index is -3.61. The highest BCUT2D eigenvalue weighted by molar-refractivity contribution is 7.89. The van der Waals surface area contributed by atoms with Crippen molar-refractivity contribution < 1.29 is 22.7 Å². The van der Waals surface area contributed by atoms with Gasteiger partial charge in [0.2, 0.25) is 15.9 Å². The van der Waals surface area contributed by atoms with E-state index in [1.165, 1.54) is 19.2 Å². The summed E-state index contributed by atoms with van der Waals surface area (Å²) in [6, 6.07) is 5.80. The Morgan fingerprint density at radius 3 is 2.50 bits per heavy atom. The summed E-state index contributed by atoms with van der Waals surface area (Å²) in [6.07, 6.45) is 1.42. The summed E-state index contributed by atoms with van der Waals surface area (Å²) in [4.78, 5) is 12.3. The van der Waals surface area contributed by atoms with Gasteiger partial charge in [-0.1, -0.05) is 0 Å². The molecular formula is C16H24N2O5S. The van der Waals surface area contributed by atoms with E-state index in [1.807, 2.05) is 0 Å². The van der Waals surface area contributed by atoms with Crippen LogP contribution in [0.25, 0.3) is 0 Å². The van der Waals surface area contributed by atoms with Gasteiger partial charge in [0.25, 0.3) is 0 Å². The molecule has 0 spiro atoms. The van der Waals surface area contributed by atoms with Crippen molar-refractivity contribution in [2.75, 3.05) is 32.2 Å². The highest BCUT2D eigenvalue weighted by atomic mass is 32.2. The average molecular weight is 356 g/mol. The molecule has 2 rings (SSSR count). The molecule has 134 valence electrons. The first-order valence-electron chi connectivity index (χ1n) is 7.92. The molecule has 1 aliphatic heterocycles. The van der Waals surface area contributed by atoms with E-state index in [4.69, 9.17) is 9.47 Å². The number of carbonyl (C=O) groups is 1. The van der Waals surface area contributed by atoms with Gasteiger partial charge in [-0.2, -0.15) is 0 Å². The van der Waals surface area contributed by atoms with Crippen LogP contribution in [0.15, 0.2) is 29.2 Å². The predicted octanol–water partition coefficient (Wildman–Crippen LogP) is 1.36. The van der Waals surface area contributed by atoms with E-state index in [2.05, 4.69) is 10.0 Å². The number of anilines is 1. The average Bonchev–Trinajstić information content (AvgIpc) is 2.56. The van der Waals surface area contributed by atoms with Gasteiger partial charge in [-0.3, -0.25) is 4.79 Å². The Bertz CT molecular complexity index is 639. The number of ether oxygens (including phenoxy) is 2. The SMILES string of the molecule is COCC(C)NS(=O)(=O)c1ccc(NC(=O)C2CCOCC2)cc1. The molecule has 1 saturated heterocycles. The molecule has 0 aromatic heterocycles. The molecule has 0 saturated carbocycles. The minimum absolute atomic E-state index is 0.0549. The van der Waals surface area contributed by atoms with Crippen LogP contribution in [0.3, 0.4) is 0 Å². The lowest BCUT2D eigenvalue weighted by atomic mass is 9.99. The van der Waals surface area contributed by atoms with E-state index in [0.717, 1.165) is 0 Å². The Morgan fingerprint density at radius 2 is 1.92 bits per heavy atom. The Labute approximate surface area is 142 Å². The molecule has 7 nitrogen and oxygen atoms in total. The van der Waals surface area contributed by atoms with Gasteiger partial charge in [-0.15, -0.1) is 0 Å². The lowest BCUT2D eigenvalue weighted by molar-refractivity contribution is -0.122. The van der Waals surface area contributed by atoms with E-state index < -0.39 is 10.0 Å². The highest BCUT2D eigenvalue weighted by Gasteiger charge is 2.22. The second kappa shape index (κ2) is 8.57. The monoisotopic (exact) mass is 356 g/mol. The van der Waals surface area contributed by atoms with Crippen molar-refractivity contribution in [2.24, 2.45) is 5.92 Å². The van der Waals surface area contributed by atoms with E-state index >= 15 is 0 Å². The van der Waals surface area contributed by atoms with Crippen LogP contribution in [0.1, 0.15) is 19.8 Å². The zero-order valence-electron chi connectivity index (χ0n) is 13.9. The van der Waals surface area contributed by atoms with Gasteiger partial charge in [-0.25, -0.2) is 13.1 Å². The third-order valence-electron chi connectivity index (χ3n) is 3.80. The van der Waals surface area contributed by atoms with Gasteiger partial charge < -0.3 is 14.8 Å². The first-order chi connectivity index (χ1) is 11.4. The van der Waals surface area contributed by atoms with Crippen molar-refractivity contribution in [1.82, 2.24) is 4.72 Å². The van der Waals surface area contributed by atoms with E-state index in [0.29, 0.717) is 38.3 Å². The number of nitrogens with one attached hydrogen (secondary N) is 2. The summed E-state index contributed by atoms with van der Waals surface area (Å²) in [5.41, 5.74) is 0.579. The third kappa shape index (κ3) is 5.27. The fourth-order valence-electron chi connectivity index (χ4n) is 2.54. The van der Waals surface area contributed by atoms with Crippen LogP contribution in [0.2, 0.25) is 0 Å². The van der Waals surface area contributed by atoms with Crippen LogP contribution < -0.4 is 10.0 Å². The molecule has 1 fully saturated rings. The first-order valence-corrected chi connectivity index (χ1v) is 9.40. The molecule has 1 aromatic rings. The third-order valence-corrected chi connectivity index (χ3v) is 5.40. The predicted molar refractivity (Wildman–Crippen MR) is 90.3 cm³/mol. The number of methoxy groups -OCH3 is 1. The zero-order valence-corrected chi connectivity index (χ0v) is 14.8. The number of hydrogen-bond donors (Lipinski definition) is 2. The molecular weight excluding hydrogens is 332 g/mol. The maximum atomic E-state index is 12.2. The lowest BCUT2D eigenvalue weighted by Gasteiger charge is -2.21. The number of carbonyl (C=O) groups excluding carboxylic acids is 1. The first kappa shape index (κ1) is 18.9. The maximum Gasteiger partial charge on any atom is 0.240 e. The molecule has 1 atom stereocenters. The molecule has 2 N–H and O–H groups in total. The van der Waals surface area contributed by atoms with Crippen LogP contribution in [0, 0.1) is 5.92 Å². The largest absolute Gasteiger partial charge is 0.383 e. The summed E-state index contributed by atoms with van der Waals surface area (Å²) in [5, 5.41) is 2.82. The standard InChI is InChI=1S/C16H24N2O5S/c1-12(11-22-2)18-24(20,21)15-5-3-14(4-6-15)17-16(19)13-7-9-23-10-8-13/h3-6,12-13,18H,7-11H2,1-2H3,(H,17,19). The molecule has 1 aromatic carbocycles. The van der Waals surface area contributed by atoms with Crippen LogP contribution in [-0.4, -0.2) is 47.3 Å². The molecule has 8 heteroatoms. The van der Waals surface area contributed by atoms with Gasteiger partial charge >= 0.3 is 0 Å². The molecule has 1 unspecified atom stereocenters. The summed E-state index contributed by atoms with van der Waals surface area (Å²) >= 11 is 0. The molecule has 0 aliphatic carbocycles. The van der Waals surface area contributed by atoms with Crippen LogP contribution >= 0.6 is 0 Å². The number of sulfonamides is 1. The topological polar surface area (TPSA) is 93.7 Å². The summed E-state index contributed by atoms with van der Waals surface area (Å²) in [5.74, 6) is -0.112. The van der Waals surface area contributed by atoms with Crippen LogP contribution in [-0.2, 0) is 24.3 Å². The van der Waals surface area contributed by atoms with Gasteiger partial charge in [0.15, 0.2) is 0 Å². The van der Waals surface area contributed by atoms with Crippen molar-refractivity contribution >= 4 is 21.6 Å². The van der Waals surface area contributed by atoms with Gasteiger partial charge in [0.1, 0.15) is 0 Å². The second-order valence-electron chi connectivity index (χ2n) is 5.88. The van der Waals surface area contributed by atoms with Crippen molar-refractivity contribution in [3.63, 3.8) is 0 Å². The fraction of sp³-hybridized carbons (Fsp3) is 0.562. The number of benzene rings is 1. The molecule has 1 aliphatic rings. The molecule has 1 heterocycles. The maximum absolute atomic E-state index is 12.2. The Kier molecular flexibility index (Phi) is 6.73. The normalized spacial score (nSPS) is 17.4. The smallest absolute Gasteiger partial charge is 0.240 e. The van der Waals surface area contributed by atoms with E-state index in [1.54, 1.807) is 19.1 Å². The number of rotatable bonds is 7. The van der Waals surface area contributed by atoms with Crippen LogP contribution in [0.4, 0.5) is 5.69 Å². The van der Waals surface area contributed by atoms with Gasteiger partial charge in [-0.05, 0) is 44.0 Å². The summed E-state index contributed by atoms with van der Waals surface area (Å²) < 4.78 is 37.2. The number of amides is 1. The Morgan fingerprint density at radius 1 is 1.29 bits per heavy atom. The van der Waals surface area contributed by atoms with Crippen molar-refractivity contribution in [3.05, 3.63) is 24.3 Å². The van der Waals surface area contributed by atoms with E-state index in [-0.39, 0.29) is 22.8 Å². The lowest BCUT2D eigenvalue weighted by Crippen LogP contribution is -2.35. The summed E-state index contributed by atoms with van der Waals surface area (Å²) in [6.45, 7) is 3.21. The summed E-state index contributed by atoms with van der Waals surface area (Å²) in [7, 11) is -2.09. The van der Waals surface area contributed by atoms with Crippen molar-refractivity contribution in [2.45, 2.75) is 30.7 Å². The molecule has 1 amide bonds. The Balaban J connectivity index is 1.98. The molecule has 24 heavy (non-hydrogen) atoms. The highest BCUT2D eigenvalue weighted by Crippen LogP contribution is 2.19. The van der Waals surface area contributed by atoms with Gasteiger partial charge in [0, 0.05) is 38.0 Å². The molecule has 0 bridgehead atoms. The quantitative estimate of drug-likeness (QED) is 0.769.